The van der Waals surface area contributed by atoms with E-state index >= 15 is 0 Å². The van der Waals surface area contributed by atoms with E-state index in [1.807, 2.05) is 0 Å². The molecule has 0 aromatic carbocycles. The van der Waals surface area contributed by atoms with Crippen LogP contribution in [-0.2, 0) is 41.5 Å². The van der Waals surface area contributed by atoms with Crippen molar-refractivity contribution in [3.8, 4) is 0 Å². The predicted octanol–water partition coefficient (Wildman–Crippen LogP) is -25.6. The SMILES string of the molecule is Nc1ncnc2c1ncn2[C@@H]1O[C@H](CO)C(OC2OC(CO)C(OP(=O)([O-])[O-])C(OP(=O)([O-])[O-])C2O)[C@H]1OP(=O)([O-])[O-].[Na+].[Na+].[Na+].[Na+].[Na+].[Na+]. The van der Waals surface area contributed by atoms with Crippen LogP contribution in [0.25, 0.3) is 11.2 Å². The zero-order valence-electron chi connectivity index (χ0n) is 26.4. The predicted molar refractivity (Wildman–Crippen MR) is 115 cm³/mol. The van der Waals surface area contributed by atoms with Gasteiger partial charge in [0.2, 0.25) is 0 Å². The van der Waals surface area contributed by atoms with E-state index in [-0.39, 0.29) is 194 Å². The fourth-order valence-corrected chi connectivity index (χ4v) is 6.03. The number of aromatic nitrogens is 4. The normalized spacial score (nSPS) is 28.8. The van der Waals surface area contributed by atoms with E-state index in [9.17, 15) is 58.4 Å². The Bertz CT molecular complexity index is 1420. The zero-order valence-corrected chi connectivity index (χ0v) is 41.1. The van der Waals surface area contributed by atoms with Crippen molar-refractivity contribution in [3.63, 3.8) is 0 Å². The van der Waals surface area contributed by atoms with Gasteiger partial charge in [0.1, 0.15) is 54.6 Å². The summed E-state index contributed by atoms with van der Waals surface area (Å²) in [5.41, 5.74) is 5.69. The Morgan fingerprint density at radius 1 is 0.750 bits per heavy atom. The maximum atomic E-state index is 11.7. The fraction of sp³-hybridized carbons (Fsp3) is 0.688. The molecule has 0 amide bonds. The zero-order chi connectivity index (χ0) is 31.2. The van der Waals surface area contributed by atoms with Crippen molar-refractivity contribution in [2.45, 2.75) is 55.2 Å². The molecule has 0 bridgehead atoms. The standard InChI is InChI=1S/C16H26N5O18P3.6Na/c17-13-7-14(19-3-18-13)21(4-20-7)15-12(39-42(31,32)33)9(5(1-22)34-15)36-16-8(24)11(38-41(28,29)30)10(6(2-23)35-16)37-40(25,26)27;;;;;;/h3-6,8-12,15-16,22-24H,1-2H2,(H2,17,18,19)(H2,25,26,27)(H2,28,29,30)(H2,31,32,33);;;;;;/q;6*+1/p-6/t5-,6?,8?,9?,10?,11?,12-,15-,16?;;;;;;/m1....../s1. The van der Waals surface area contributed by atoms with Gasteiger partial charge in [-0.1, -0.05) is 0 Å². The average molecular weight is 801 g/mol. The summed E-state index contributed by atoms with van der Waals surface area (Å²) in [4.78, 5) is 80.1. The van der Waals surface area contributed by atoms with Crippen LogP contribution in [0, 0.1) is 0 Å². The first-order valence-corrected chi connectivity index (χ1v) is 15.7. The number of anilines is 1. The summed E-state index contributed by atoms with van der Waals surface area (Å²) < 4.78 is 64.5. The van der Waals surface area contributed by atoms with E-state index in [0.29, 0.717) is 0 Å². The number of imidazole rings is 1. The van der Waals surface area contributed by atoms with Crippen LogP contribution < -0.4 is 212 Å². The van der Waals surface area contributed by atoms with Gasteiger partial charge in [-0.3, -0.25) is 4.57 Å². The number of phosphoric acid groups is 3. The van der Waals surface area contributed by atoms with Gasteiger partial charge < -0.3 is 91.9 Å². The number of hydrogen-bond donors (Lipinski definition) is 4. The molecule has 4 heterocycles. The van der Waals surface area contributed by atoms with Crippen LogP contribution in [0.1, 0.15) is 6.23 Å². The maximum absolute atomic E-state index is 11.7. The van der Waals surface area contributed by atoms with Crippen LogP contribution in [0.15, 0.2) is 12.7 Å². The fourth-order valence-electron chi connectivity index (χ4n) is 4.41. The van der Waals surface area contributed by atoms with Crippen molar-refractivity contribution < 1.29 is 264 Å². The topological polar surface area (TPSA) is 375 Å². The van der Waals surface area contributed by atoms with Gasteiger partial charge in [0.15, 0.2) is 24.0 Å². The summed E-state index contributed by atoms with van der Waals surface area (Å²) in [5.74, 6) is -0.106. The molecule has 48 heavy (non-hydrogen) atoms. The van der Waals surface area contributed by atoms with Crippen LogP contribution in [0.5, 0.6) is 0 Å². The third kappa shape index (κ3) is 15.1. The summed E-state index contributed by atoms with van der Waals surface area (Å²) in [5, 5.41) is 30.3. The molecule has 238 valence electrons. The van der Waals surface area contributed by atoms with E-state index < -0.39 is 91.9 Å². The second-order valence-electron chi connectivity index (χ2n) is 8.70. The van der Waals surface area contributed by atoms with Gasteiger partial charge in [-0.15, -0.1) is 0 Å². The van der Waals surface area contributed by atoms with Crippen LogP contribution in [0.3, 0.4) is 0 Å². The van der Waals surface area contributed by atoms with Crippen molar-refractivity contribution in [2.24, 2.45) is 0 Å². The van der Waals surface area contributed by atoms with E-state index in [2.05, 4.69) is 28.5 Å². The number of nitrogens with zero attached hydrogens (tertiary/aromatic N) is 4. The van der Waals surface area contributed by atoms with Gasteiger partial charge in [-0.25, -0.2) is 15.0 Å². The summed E-state index contributed by atoms with van der Waals surface area (Å²) in [6.07, 6.45) is -16.9. The smallest absolute Gasteiger partial charge is 0.790 e. The van der Waals surface area contributed by atoms with E-state index in [1.165, 1.54) is 0 Å². The minimum Gasteiger partial charge on any atom is -0.790 e. The Morgan fingerprint density at radius 2 is 1.23 bits per heavy atom. The number of ether oxygens (including phenoxy) is 3. The summed E-state index contributed by atoms with van der Waals surface area (Å²) in [7, 11) is -18.0. The number of rotatable bonds is 11. The Hall–Kier alpha value is 4.44. The van der Waals surface area contributed by atoms with Crippen molar-refractivity contribution in [1.82, 2.24) is 19.5 Å². The Morgan fingerprint density at radius 3 is 1.73 bits per heavy atom. The second kappa shape index (κ2) is 23.6. The van der Waals surface area contributed by atoms with Gasteiger partial charge in [-0.05, 0) is 0 Å². The molecule has 0 spiro atoms. The number of fused-ring (bicyclic) bond motifs is 1. The van der Waals surface area contributed by atoms with Crippen molar-refractivity contribution in [2.75, 3.05) is 18.9 Å². The molecule has 2 fully saturated rings. The quantitative estimate of drug-likeness (QED) is 0.121. The average Bonchev–Trinajstić information content (AvgIpc) is 3.42. The molecule has 0 radical (unpaired) electrons. The van der Waals surface area contributed by atoms with Crippen LogP contribution in [0.4, 0.5) is 5.82 Å². The van der Waals surface area contributed by atoms with Crippen LogP contribution >= 0.6 is 23.5 Å². The van der Waals surface area contributed by atoms with E-state index in [0.717, 1.165) is 17.2 Å². The summed E-state index contributed by atoms with van der Waals surface area (Å²) in [6.45, 7) is -2.22. The van der Waals surface area contributed by atoms with Gasteiger partial charge in [-0.2, -0.15) is 0 Å². The molecule has 2 aliphatic rings. The Balaban J connectivity index is -0.00000337. The maximum Gasteiger partial charge on any atom is 1.00 e. The minimum absolute atomic E-state index is 0. The van der Waals surface area contributed by atoms with Gasteiger partial charge >= 0.3 is 177 Å². The summed E-state index contributed by atoms with van der Waals surface area (Å²) >= 11 is 0. The molecular formula is C16H20N5Na6O18P3. The van der Waals surface area contributed by atoms with Crippen molar-refractivity contribution in [3.05, 3.63) is 12.7 Å². The molecule has 32 heteroatoms. The molecule has 6 unspecified atom stereocenters. The third-order valence-electron chi connectivity index (χ3n) is 5.96. The van der Waals surface area contributed by atoms with E-state index in [4.69, 9.17) is 19.9 Å². The molecule has 23 nitrogen and oxygen atoms in total. The third-order valence-corrected chi connectivity index (χ3v) is 7.47. The number of nitrogens with two attached hydrogens (primary N) is 1. The molecule has 2 aliphatic heterocycles. The molecule has 0 aliphatic carbocycles. The molecular weight excluding hydrogens is 781 g/mol. The van der Waals surface area contributed by atoms with Crippen LogP contribution in [-0.4, -0.2) is 97.1 Å². The number of nitrogen functional groups attached to an aromatic ring is 1. The molecule has 4 rings (SSSR count). The molecule has 2 saturated heterocycles. The molecule has 5 N–H and O–H groups in total. The number of phosphoric ester groups is 3. The first-order valence-electron chi connectivity index (χ1n) is 11.3. The monoisotopic (exact) mass is 801 g/mol. The summed E-state index contributed by atoms with van der Waals surface area (Å²) in [6, 6.07) is 0. The number of hydrogen-bond acceptors (Lipinski definition) is 22. The molecule has 2 aromatic heterocycles. The Labute approximate surface area is 403 Å². The number of aliphatic hydroxyl groups excluding tert-OH is 3. The molecule has 2 aromatic rings. The first-order chi connectivity index (χ1) is 19.4. The van der Waals surface area contributed by atoms with Gasteiger partial charge in [0, 0.05) is 0 Å². The largest absolute Gasteiger partial charge is 1.00 e. The molecule has 0 saturated carbocycles. The van der Waals surface area contributed by atoms with Crippen molar-refractivity contribution >= 4 is 40.4 Å². The first kappa shape index (κ1) is 56.8. The second-order valence-corrected chi connectivity index (χ2v) is 12.0. The number of aliphatic hydroxyl groups is 3. The van der Waals surface area contributed by atoms with Crippen molar-refractivity contribution in [1.29, 1.82) is 0 Å². The van der Waals surface area contributed by atoms with E-state index in [1.54, 1.807) is 0 Å². The van der Waals surface area contributed by atoms with Gasteiger partial charge in [0.05, 0.1) is 43.0 Å². The Kier molecular flexibility index (Phi) is 27.9. The minimum atomic E-state index is -6.07. The molecule has 9 atom stereocenters. The van der Waals surface area contributed by atoms with Gasteiger partial charge in [0.25, 0.3) is 0 Å². The van der Waals surface area contributed by atoms with Crippen LogP contribution in [0.2, 0.25) is 0 Å².